The number of nitrogens with two attached hydrogens (primary N) is 1. The van der Waals surface area contributed by atoms with Crippen molar-refractivity contribution in [2.75, 3.05) is 21.2 Å². The summed E-state index contributed by atoms with van der Waals surface area (Å²) in [5.74, 6) is -7.21. The standard InChI is InChI=1S/C42H64N6O10S/c1-13-29-42(9)32(31(40(52)57-42)36(43)47-58-26(7)37-45-46-38(59-37)28-16-14-15-17-44-28)23(4)33(49)21(2)20-41(8,53-12)35(24(5)34(50)25(6)39(51)55-29)56-30-19-27(48(10)11)18-22(3)54-30/h14-17,21-27,29-32,34-35,50H,13,18-20H2,1-12H3,(H2,43,47)/t21-,22+,23-,24+,25-,26+,27+,29+,30+,31-,32+,34?,35-,41-,42-/m1/s1. The number of rotatable bonds is 10. The van der Waals surface area contributed by atoms with Crippen molar-refractivity contribution >= 4 is 34.9 Å². The van der Waals surface area contributed by atoms with Gasteiger partial charge in [-0.2, -0.15) is 0 Å². The lowest BCUT2D eigenvalue weighted by Gasteiger charge is -2.47. The minimum atomic E-state index is -1.52. The number of cyclic esters (lactones) is 1. The first-order valence-corrected chi connectivity index (χ1v) is 21.5. The quantitative estimate of drug-likeness (QED) is 0.141. The number of aromatic nitrogens is 3. The van der Waals surface area contributed by atoms with Crippen LogP contribution in [0.25, 0.3) is 10.7 Å². The molecule has 3 N–H and O–H groups in total. The van der Waals surface area contributed by atoms with Gasteiger partial charge < -0.3 is 44.3 Å². The van der Waals surface area contributed by atoms with E-state index in [4.69, 9.17) is 34.3 Å². The van der Waals surface area contributed by atoms with Gasteiger partial charge in [-0.3, -0.25) is 19.4 Å². The number of amidine groups is 1. The molecule has 0 saturated carbocycles. The molecule has 0 aliphatic carbocycles. The molecule has 1 unspecified atom stereocenters. The Balaban J connectivity index is 1.49. The molecule has 59 heavy (non-hydrogen) atoms. The van der Waals surface area contributed by atoms with Crippen LogP contribution in [-0.2, 0) is 42.9 Å². The molecule has 2 aromatic rings. The number of ether oxygens (including phenoxy) is 5. The maximum Gasteiger partial charge on any atom is 0.317 e. The first-order chi connectivity index (χ1) is 27.8. The van der Waals surface area contributed by atoms with E-state index >= 15 is 0 Å². The molecule has 328 valence electrons. The van der Waals surface area contributed by atoms with E-state index in [1.165, 1.54) is 11.3 Å². The Hall–Kier alpha value is -3.61. The first kappa shape index (κ1) is 46.5. The van der Waals surface area contributed by atoms with Crippen LogP contribution in [0.1, 0.15) is 99.1 Å². The number of hydrogen-bond acceptors (Lipinski definition) is 16. The summed E-state index contributed by atoms with van der Waals surface area (Å²) < 4.78 is 31.6. The predicted molar refractivity (Wildman–Crippen MR) is 220 cm³/mol. The molecule has 15 atom stereocenters. The van der Waals surface area contributed by atoms with Crippen LogP contribution in [-0.4, -0.2) is 118 Å². The molecule has 3 aliphatic rings. The Morgan fingerprint density at radius 3 is 2.42 bits per heavy atom. The van der Waals surface area contributed by atoms with E-state index < -0.39 is 89.4 Å². The third-order valence-corrected chi connectivity index (χ3v) is 13.9. The number of carbonyl (C=O) groups excluding carboxylic acids is 3. The van der Waals surface area contributed by atoms with Gasteiger partial charge in [0.05, 0.1) is 29.8 Å². The molecular weight excluding hydrogens is 781 g/mol. The topological polar surface area (TPSA) is 207 Å². The van der Waals surface area contributed by atoms with Gasteiger partial charge in [-0.15, -0.1) is 10.2 Å². The number of methoxy groups -OCH3 is 1. The van der Waals surface area contributed by atoms with Gasteiger partial charge in [-0.05, 0) is 80.1 Å². The molecule has 5 rings (SSSR count). The van der Waals surface area contributed by atoms with Crippen molar-refractivity contribution < 1.29 is 48.0 Å². The fourth-order valence-corrected chi connectivity index (χ4v) is 10.1. The highest BCUT2D eigenvalue weighted by molar-refractivity contribution is 7.14. The summed E-state index contributed by atoms with van der Waals surface area (Å²) >= 11 is 1.28. The number of Topliss-reactive ketones (excluding diaryl/α,β-unsaturated/α-hetero) is 1. The number of oxime groups is 1. The second-order valence-electron chi connectivity index (χ2n) is 17.3. The monoisotopic (exact) mass is 844 g/mol. The van der Waals surface area contributed by atoms with Crippen LogP contribution in [0.2, 0.25) is 0 Å². The normalized spacial score (nSPS) is 38.3. The maximum absolute atomic E-state index is 14.8. The molecule has 0 spiro atoms. The number of ketones is 1. The van der Waals surface area contributed by atoms with Gasteiger partial charge in [0.2, 0.25) is 0 Å². The number of carbonyl (C=O) groups is 3. The van der Waals surface area contributed by atoms with E-state index in [9.17, 15) is 19.5 Å². The Morgan fingerprint density at radius 1 is 1.08 bits per heavy atom. The van der Waals surface area contributed by atoms with Crippen molar-refractivity contribution in [3.63, 3.8) is 0 Å². The molecule has 0 aromatic carbocycles. The summed E-state index contributed by atoms with van der Waals surface area (Å²) in [6.07, 6.45) is -1.04. The molecule has 0 bridgehead atoms. The molecule has 0 amide bonds. The zero-order valence-corrected chi connectivity index (χ0v) is 37.3. The molecule has 2 aromatic heterocycles. The lowest BCUT2D eigenvalue weighted by Crippen LogP contribution is -2.57. The van der Waals surface area contributed by atoms with Crippen molar-refractivity contribution in [2.45, 2.75) is 142 Å². The fraction of sp³-hybridized carbons (Fsp3) is 0.738. The van der Waals surface area contributed by atoms with Gasteiger partial charge in [0, 0.05) is 49.4 Å². The Kier molecular flexibility index (Phi) is 14.9. The number of nitrogens with zero attached hydrogens (tertiary/aromatic N) is 5. The van der Waals surface area contributed by atoms with Gasteiger partial charge in [-0.25, -0.2) is 0 Å². The van der Waals surface area contributed by atoms with Crippen LogP contribution >= 0.6 is 11.3 Å². The molecular formula is C42H64N6O10S. The van der Waals surface area contributed by atoms with Gasteiger partial charge in [-0.1, -0.05) is 50.3 Å². The highest BCUT2D eigenvalue weighted by Gasteiger charge is 2.62. The number of aliphatic hydroxyl groups is 1. The van der Waals surface area contributed by atoms with Crippen molar-refractivity contribution in [1.82, 2.24) is 20.1 Å². The van der Waals surface area contributed by atoms with Gasteiger partial charge >= 0.3 is 11.9 Å². The van der Waals surface area contributed by atoms with Crippen molar-refractivity contribution in [2.24, 2.45) is 46.4 Å². The average molecular weight is 845 g/mol. The lowest BCUT2D eigenvalue weighted by atomic mass is 9.67. The Bertz CT molecular complexity index is 1800. The Labute approximate surface area is 351 Å². The minimum absolute atomic E-state index is 0.0903. The summed E-state index contributed by atoms with van der Waals surface area (Å²) in [5, 5.41) is 25.7. The second-order valence-corrected chi connectivity index (χ2v) is 18.3. The lowest BCUT2D eigenvalue weighted by molar-refractivity contribution is -0.271. The summed E-state index contributed by atoms with van der Waals surface area (Å²) in [6, 6.07) is 5.67. The highest BCUT2D eigenvalue weighted by atomic mass is 32.1. The second kappa shape index (κ2) is 19.0. The first-order valence-electron chi connectivity index (χ1n) is 20.7. The van der Waals surface area contributed by atoms with E-state index in [1.807, 2.05) is 53.1 Å². The van der Waals surface area contributed by atoms with Crippen LogP contribution in [0, 0.1) is 35.5 Å². The third-order valence-electron chi connectivity index (χ3n) is 12.8. The van der Waals surface area contributed by atoms with Crippen LogP contribution in [0.15, 0.2) is 29.6 Å². The molecule has 3 fully saturated rings. The molecule has 16 nitrogen and oxygen atoms in total. The zero-order valence-electron chi connectivity index (χ0n) is 36.5. The largest absolute Gasteiger partial charge is 0.458 e. The van der Waals surface area contributed by atoms with Gasteiger partial charge in [0.25, 0.3) is 0 Å². The zero-order chi connectivity index (χ0) is 43.6. The average Bonchev–Trinajstić information content (AvgIpc) is 3.81. The van der Waals surface area contributed by atoms with Crippen molar-refractivity contribution in [3.8, 4) is 10.7 Å². The number of esters is 2. The van der Waals surface area contributed by atoms with E-state index in [-0.39, 0.29) is 36.6 Å². The van der Waals surface area contributed by atoms with Gasteiger partial charge in [0.1, 0.15) is 23.5 Å². The smallest absolute Gasteiger partial charge is 0.317 e. The summed E-state index contributed by atoms with van der Waals surface area (Å²) in [4.78, 5) is 55.1. The molecule has 17 heteroatoms. The summed E-state index contributed by atoms with van der Waals surface area (Å²) in [7, 11) is 5.58. The third kappa shape index (κ3) is 9.81. The highest BCUT2D eigenvalue weighted by Crippen LogP contribution is 2.48. The van der Waals surface area contributed by atoms with Crippen LogP contribution in [0.3, 0.4) is 0 Å². The van der Waals surface area contributed by atoms with Crippen LogP contribution in [0.5, 0.6) is 0 Å². The van der Waals surface area contributed by atoms with Crippen molar-refractivity contribution in [1.29, 1.82) is 0 Å². The van der Waals surface area contributed by atoms with E-state index in [1.54, 1.807) is 54.8 Å². The van der Waals surface area contributed by atoms with E-state index in [0.29, 0.717) is 22.1 Å². The predicted octanol–water partition coefficient (Wildman–Crippen LogP) is 4.94. The molecule has 5 heterocycles. The maximum atomic E-state index is 14.8. The number of pyridine rings is 1. The Morgan fingerprint density at radius 2 is 1.80 bits per heavy atom. The van der Waals surface area contributed by atoms with E-state index in [2.05, 4.69) is 25.2 Å². The van der Waals surface area contributed by atoms with E-state index in [0.717, 1.165) is 6.42 Å². The number of hydrogen-bond donors (Lipinski definition) is 2. The van der Waals surface area contributed by atoms with Crippen LogP contribution in [0.4, 0.5) is 0 Å². The SMILES string of the molecule is CC[C@@H]1OC(=O)[C@H](C)C(O)[C@H](C)[C@@H](O[C@H]2C[C@@H](N(C)C)C[C@H](C)O2)[C@](C)(OC)C[C@@H](C)C(=O)[C@H](C)[C@H]2[C@H](/C(N)=N/O[C@@H](C)c3nnc(-c4ccccn4)s3)C(=O)O[C@@]21C. The van der Waals surface area contributed by atoms with Gasteiger partial charge in [0.15, 0.2) is 33.8 Å². The number of fused-ring (bicyclic) bond motifs is 1. The molecule has 3 aliphatic heterocycles. The molecule has 0 radical (unpaired) electrons. The fourth-order valence-electron chi connectivity index (χ4n) is 9.27. The molecule has 3 saturated heterocycles. The minimum Gasteiger partial charge on any atom is -0.458 e. The summed E-state index contributed by atoms with van der Waals surface area (Å²) in [5.41, 5.74) is 4.61. The number of aliphatic hydroxyl groups excluding tert-OH is 1. The van der Waals surface area contributed by atoms with Crippen LogP contribution < -0.4 is 5.73 Å². The summed E-state index contributed by atoms with van der Waals surface area (Å²) in [6.45, 7) is 16.0. The van der Waals surface area contributed by atoms with Crippen molar-refractivity contribution in [3.05, 3.63) is 29.4 Å².